The summed E-state index contributed by atoms with van der Waals surface area (Å²) < 4.78 is 6.05. The Kier molecular flexibility index (Phi) is 4.81. The molecule has 1 saturated carbocycles. The van der Waals surface area contributed by atoms with Crippen molar-refractivity contribution in [3.63, 3.8) is 0 Å². The number of hydrogen-bond donors (Lipinski definition) is 2. The van der Waals surface area contributed by atoms with E-state index in [9.17, 15) is 0 Å². The fraction of sp³-hybridized carbons (Fsp3) is 0.316. The zero-order valence-corrected chi connectivity index (χ0v) is 13.7. The molecule has 2 N–H and O–H groups in total. The molecule has 0 atom stereocenters. The largest absolute Gasteiger partial charge is 0.457 e. The van der Waals surface area contributed by atoms with Crippen molar-refractivity contribution in [1.29, 1.82) is 0 Å². The lowest BCUT2D eigenvalue weighted by molar-refractivity contribution is 0.474. The van der Waals surface area contributed by atoms with Crippen LogP contribution in [-0.4, -0.2) is 19.0 Å². The predicted molar refractivity (Wildman–Crippen MR) is 94.1 cm³/mol. The number of rotatable bonds is 5. The summed E-state index contributed by atoms with van der Waals surface area (Å²) in [7, 11) is 1.80. The Hall–Kier alpha value is -2.49. The summed E-state index contributed by atoms with van der Waals surface area (Å²) in [6.07, 6.45) is 2.46. The van der Waals surface area contributed by atoms with E-state index in [1.165, 1.54) is 18.4 Å². The molecule has 0 bridgehead atoms. The summed E-state index contributed by atoms with van der Waals surface area (Å²) in [5, 5.41) is 6.75. The lowest BCUT2D eigenvalue weighted by atomic mass is 10.1. The molecule has 0 spiro atoms. The highest BCUT2D eigenvalue weighted by atomic mass is 16.5. The molecular weight excluding hydrogens is 286 g/mol. The zero-order valence-electron chi connectivity index (χ0n) is 13.7. The Morgan fingerprint density at radius 3 is 2.65 bits per heavy atom. The first-order chi connectivity index (χ1) is 11.2. The quantitative estimate of drug-likeness (QED) is 0.655. The van der Waals surface area contributed by atoms with Gasteiger partial charge in [-0.2, -0.15) is 0 Å². The minimum absolute atomic E-state index is 0.583. The topological polar surface area (TPSA) is 45.7 Å². The minimum atomic E-state index is 0.583. The fourth-order valence-electron chi connectivity index (χ4n) is 2.31. The number of aliphatic imine (C=N–C) groups is 1. The highest BCUT2D eigenvalue weighted by Gasteiger charge is 2.22. The van der Waals surface area contributed by atoms with Gasteiger partial charge in [-0.15, -0.1) is 0 Å². The van der Waals surface area contributed by atoms with Gasteiger partial charge in [-0.3, -0.25) is 4.99 Å². The number of para-hydroxylation sites is 1. The van der Waals surface area contributed by atoms with Crippen LogP contribution in [0.15, 0.2) is 53.5 Å². The van der Waals surface area contributed by atoms with Crippen LogP contribution in [0, 0.1) is 6.92 Å². The Bertz CT molecular complexity index is 678. The third-order valence-corrected chi connectivity index (χ3v) is 3.78. The third-order valence-electron chi connectivity index (χ3n) is 3.78. The van der Waals surface area contributed by atoms with Crippen molar-refractivity contribution in [3.8, 4) is 11.5 Å². The number of aryl methyl sites for hydroxylation is 1. The van der Waals surface area contributed by atoms with Gasteiger partial charge in [-0.25, -0.2) is 0 Å². The van der Waals surface area contributed by atoms with Crippen molar-refractivity contribution in [1.82, 2.24) is 10.6 Å². The molecule has 23 heavy (non-hydrogen) atoms. The second-order valence-corrected chi connectivity index (χ2v) is 5.87. The third kappa shape index (κ3) is 4.49. The van der Waals surface area contributed by atoms with Gasteiger partial charge < -0.3 is 15.4 Å². The van der Waals surface area contributed by atoms with Crippen LogP contribution in [0.3, 0.4) is 0 Å². The van der Waals surface area contributed by atoms with Gasteiger partial charge in [0.2, 0.25) is 0 Å². The zero-order chi connectivity index (χ0) is 16.1. The maximum Gasteiger partial charge on any atom is 0.191 e. The van der Waals surface area contributed by atoms with E-state index in [4.69, 9.17) is 4.74 Å². The van der Waals surface area contributed by atoms with Crippen LogP contribution in [-0.2, 0) is 6.54 Å². The van der Waals surface area contributed by atoms with Crippen molar-refractivity contribution >= 4 is 5.96 Å². The number of nitrogens with zero attached hydrogens (tertiary/aromatic N) is 1. The van der Waals surface area contributed by atoms with E-state index < -0.39 is 0 Å². The molecule has 0 heterocycles. The van der Waals surface area contributed by atoms with E-state index in [2.05, 4.69) is 40.7 Å². The second-order valence-electron chi connectivity index (χ2n) is 5.87. The van der Waals surface area contributed by atoms with Gasteiger partial charge in [0.25, 0.3) is 0 Å². The van der Waals surface area contributed by atoms with E-state index >= 15 is 0 Å². The minimum Gasteiger partial charge on any atom is -0.457 e. The standard InChI is InChI=1S/C19H23N3O/c1-14-8-9-15(13-21-19(20-2)22-16-10-11-16)18(12-14)23-17-6-4-3-5-7-17/h3-9,12,16H,10-11,13H2,1-2H3,(H2,20,21,22). The van der Waals surface area contributed by atoms with Crippen LogP contribution in [0.5, 0.6) is 11.5 Å². The van der Waals surface area contributed by atoms with Gasteiger partial charge >= 0.3 is 0 Å². The molecule has 1 aliphatic carbocycles. The predicted octanol–water partition coefficient (Wildman–Crippen LogP) is 3.61. The molecule has 3 rings (SSSR count). The molecule has 4 heteroatoms. The van der Waals surface area contributed by atoms with Crippen molar-refractivity contribution in [2.45, 2.75) is 32.4 Å². The molecule has 0 unspecified atom stereocenters. The first-order valence-electron chi connectivity index (χ1n) is 8.04. The Morgan fingerprint density at radius 1 is 1.17 bits per heavy atom. The van der Waals surface area contributed by atoms with Crippen molar-refractivity contribution < 1.29 is 4.74 Å². The Morgan fingerprint density at radius 2 is 1.96 bits per heavy atom. The first-order valence-corrected chi connectivity index (χ1v) is 8.04. The Labute approximate surface area is 137 Å². The lowest BCUT2D eigenvalue weighted by Gasteiger charge is -2.15. The summed E-state index contributed by atoms with van der Waals surface area (Å²) in [4.78, 5) is 4.27. The molecule has 0 radical (unpaired) electrons. The molecule has 2 aromatic rings. The smallest absolute Gasteiger partial charge is 0.191 e. The van der Waals surface area contributed by atoms with E-state index in [1.54, 1.807) is 7.05 Å². The highest BCUT2D eigenvalue weighted by Crippen LogP contribution is 2.26. The number of hydrogen-bond acceptors (Lipinski definition) is 2. The molecule has 0 amide bonds. The maximum atomic E-state index is 6.05. The first kappa shape index (κ1) is 15.4. The van der Waals surface area contributed by atoms with Gasteiger partial charge in [-0.05, 0) is 43.5 Å². The second kappa shape index (κ2) is 7.18. The summed E-state index contributed by atoms with van der Waals surface area (Å²) in [5.41, 5.74) is 2.29. The highest BCUT2D eigenvalue weighted by molar-refractivity contribution is 5.80. The molecule has 4 nitrogen and oxygen atoms in total. The van der Waals surface area contributed by atoms with Crippen LogP contribution in [0.1, 0.15) is 24.0 Å². The van der Waals surface area contributed by atoms with Gasteiger partial charge in [0.15, 0.2) is 5.96 Å². The van der Waals surface area contributed by atoms with Gasteiger partial charge in [0.1, 0.15) is 11.5 Å². The Balaban J connectivity index is 1.70. The monoisotopic (exact) mass is 309 g/mol. The average Bonchev–Trinajstić information content (AvgIpc) is 3.38. The van der Waals surface area contributed by atoms with Gasteiger partial charge in [0, 0.05) is 25.2 Å². The lowest BCUT2D eigenvalue weighted by Crippen LogP contribution is -2.38. The van der Waals surface area contributed by atoms with Crippen LogP contribution in [0.25, 0.3) is 0 Å². The van der Waals surface area contributed by atoms with E-state index in [-0.39, 0.29) is 0 Å². The molecule has 1 fully saturated rings. The molecule has 0 aliphatic heterocycles. The maximum absolute atomic E-state index is 6.05. The number of ether oxygens (including phenoxy) is 1. The SMILES string of the molecule is CN=C(NCc1ccc(C)cc1Oc1ccccc1)NC1CC1. The van der Waals surface area contributed by atoms with Crippen LogP contribution in [0.4, 0.5) is 0 Å². The van der Waals surface area contributed by atoms with Crippen LogP contribution >= 0.6 is 0 Å². The normalized spacial score (nSPS) is 14.4. The van der Waals surface area contributed by atoms with Gasteiger partial charge in [0.05, 0.1) is 0 Å². The fourth-order valence-corrected chi connectivity index (χ4v) is 2.31. The average molecular weight is 309 g/mol. The van der Waals surface area contributed by atoms with E-state index in [1.807, 2.05) is 30.3 Å². The summed E-state index contributed by atoms with van der Waals surface area (Å²) in [6, 6.07) is 16.7. The summed E-state index contributed by atoms with van der Waals surface area (Å²) in [6.45, 7) is 2.75. The van der Waals surface area contributed by atoms with Gasteiger partial charge in [-0.1, -0.05) is 30.3 Å². The van der Waals surface area contributed by atoms with E-state index in [0.29, 0.717) is 12.6 Å². The molecule has 120 valence electrons. The molecule has 0 aromatic heterocycles. The molecule has 0 saturated heterocycles. The number of guanidine groups is 1. The van der Waals surface area contributed by atoms with Crippen molar-refractivity contribution in [3.05, 3.63) is 59.7 Å². The van der Waals surface area contributed by atoms with Crippen molar-refractivity contribution in [2.75, 3.05) is 7.05 Å². The molecule has 1 aliphatic rings. The molecule has 2 aromatic carbocycles. The summed E-state index contributed by atoms with van der Waals surface area (Å²) >= 11 is 0. The van der Waals surface area contributed by atoms with Crippen LogP contribution in [0.2, 0.25) is 0 Å². The molecular formula is C19H23N3O. The number of benzene rings is 2. The van der Waals surface area contributed by atoms with E-state index in [0.717, 1.165) is 23.0 Å². The number of nitrogens with one attached hydrogen (secondary N) is 2. The van der Waals surface area contributed by atoms with Crippen LogP contribution < -0.4 is 15.4 Å². The van der Waals surface area contributed by atoms with Crippen molar-refractivity contribution in [2.24, 2.45) is 4.99 Å². The summed E-state index contributed by atoms with van der Waals surface area (Å²) in [5.74, 6) is 2.57.